The smallest absolute Gasteiger partial charge is 0.375 e. The minimum atomic E-state index is -3.57. The molecule has 58 heavy (non-hydrogen) atoms. The van der Waals surface area contributed by atoms with Crippen LogP contribution in [0.25, 0.3) is 0 Å². The maximum atomic E-state index is 14.1. The van der Waals surface area contributed by atoms with Crippen molar-refractivity contribution in [1.82, 2.24) is 21.3 Å². The number of amides is 4. The number of rotatable bonds is 35. The Morgan fingerprint density at radius 1 is 0.621 bits per heavy atom. The number of terminal acetylenes is 3. The molecule has 0 aliphatic carbocycles. The molecule has 0 aliphatic rings. The first-order valence-corrected chi connectivity index (χ1v) is 20.8. The molecule has 17 nitrogen and oxygen atoms in total. The third kappa shape index (κ3) is 25.7. The van der Waals surface area contributed by atoms with Crippen LogP contribution >= 0.6 is 7.60 Å². The molecule has 1 rings (SSSR count). The maximum absolute atomic E-state index is 14.1. The average molecular weight is 835 g/mol. The SMILES string of the molecule is C#CCOCCOCCNC(=O)CCC(CCC(=O)NCCOCCOCC#C)(CCC(=O)NCCOCCOCC#C)NC(=O)c1ccccc1OP(C)(=O)OC. The molecule has 322 valence electrons. The van der Waals surface area contributed by atoms with Gasteiger partial charge >= 0.3 is 7.60 Å². The molecule has 0 fully saturated rings. The molecule has 0 saturated carbocycles. The summed E-state index contributed by atoms with van der Waals surface area (Å²) < 4.78 is 55.2. The number of para-hydroxylation sites is 1. The van der Waals surface area contributed by atoms with Crippen LogP contribution in [-0.2, 0) is 51.9 Å². The van der Waals surface area contributed by atoms with Crippen LogP contribution in [0.15, 0.2) is 24.3 Å². The van der Waals surface area contributed by atoms with Crippen LogP contribution in [0.1, 0.15) is 48.9 Å². The van der Waals surface area contributed by atoms with E-state index < -0.39 is 19.0 Å². The van der Waals surface area contributed by atoms with E-state index in [4.69, 9.17) is 56.7 Å². The third-order valence-electron chi connectivity index (χ3n) is 7.98. The molecule has 0 heterocycles. The number of ether oxygens (including phenoxy) is 6. The van der Waals surface area contributed by atoms with E-state index in [0.717, 1.165) is 0 Å². The van der Waals surface area contributed by atoms with Gasteiger partial charge in [-0.2, -0.15) is 0 Å². The minimum absolute atomic E-state index is 0.00566. The molecule has 1 aromatic carbocycles. The van der Waals surface area contributed by atoms with Crippen molar-refractivity contribution in [2.75, 3.05) is 113 Å². The van der Waals surface area contributed by atoms with Crippen LogP contribution in [-0.4, -0.2) is 142 Å². The lowest BCUT2D eigenvalue weighted by Gasteiger charge is -2.35. The van der Waals surface area contributed by atoms with E-state index >= 15 is 0 Å². The zero-order chi connectivity index (χ0) is 42.7. The van der Waals surface area contributed by atoms with Crippen LogP contribution < -0.4 is 25.8 Å². The van der Waals surface area contributed by atoms with E-state index in [1.54, 1.807) is 12.1 Å². The zero-order valence-corrected chi connectivity index (χ0v) is 34.5. The van der Waals surface area contributed by atoms with Gasteiger partial charge in [-0.1, -0.05) is 29.9 Å². The van der Waals surface area contributed by atoms with Crippen LogP contribution in [0.2, 0.25) is 0 Å². The molecule has 18 heteroatoms. The van der Waals surface area contributed by atoms with Crippen LogP contribution in [0.3, 0.4) is 0 Å². The maximum Gasteiger partial charge on any atom is 0.375 e. The normalized spacial score (nSPS) is 11.9. The highest BCUT2D eigenvalue weighted by Crippen LogP contribution is 2.44. The molecular formula is C40H59N4O13P. The monoisotopic (exact) mass is 834 g/mol. The van der Waals surface area contributed by atoms with Crippen molar-refractivity contribution in [3.63, 3.8) is 0 Å². The van der Waals surface area contributed by atoms with Gasteiger partial charge in [0, 0.05) is 58.2 Å². The van der Waals surface area contributed by atoms with Crippen molar-refractivity contribution < 1.29 is 61.2 Å². The molecule has 1 aromatic rings. The second kappa shape index (κ2) is 32.5. The third-order valence-corrected chi connectivity index (χ3v) is 9.17. The summed E-state index contributed by atoms with van der Waals surface area (Å²) in [5.74, 6) is 5.40. The van der Waals surface area contributed by atoms with E-state index in [9.17, 15) is 23.7 Å². The Hall–Kier alpha value is -4.47. The second-order valence-corrected chi connectivity index (χ2v) is 14.5. The van der Waals surface area contributed by atoms with Gasteiger partial charge in [-0.15, -0.1) is 19.3 Å². The molecule has 1 unspecified atom stereocenters. The number of nitrogens with one attached hydrogen (secondary N) is 4. The fraction of sp³-hybridized carbons (Fsp3) is 0.600. The van der Waals surface area contributed by atoms with Crippen molar-refractivity contribution >= 4 is 31.2 Å². The van der Waals surface area contributed by atoms with Crippen molar-refractivity contribution in [3.8, 4) is 42.8 Å². The summed E-state index contributed by atoms with van der Waals surface area (Å²) in [5.41, 5.74) is -1.24. The van der Waals surface area contributed by atoms with E-state index in [2.05, 4.69) is 39.0 Å². The molecule has 0 spiro atoms. The van der Waals surface area contributed by atoms with Crippen molar-refractivity contribution in [2.45, 2.75) is 44.1 Å². The molecule has 4 amide bonds. The predicted molar refractivity (Wildman–Crippen MR) is 216 cm³/mol. The van der Waals surface area contributed by atoms with Gasteiger partial charge in [-0.25, -0.2) is 4.57 Å². The van der Waals surface area contributed by atoms with Gasteiger partial charge in [0.15, 0.2) is 0 Å². The van der Waals surface area contributed by atoms with Gasteiger partial charge in [0.1, 0.15) is 25.6 Å². The number of carbonyl (C=O) groups is 4. The Morgan fingerprint density at radius 2 is 1.00 bits per heavy atom. The first kappa shape index (κ1) is 51.5. The summed E-state index contributed by atoms with van der Waals surface area (Å²) in [6, 6.07) is 6.14. The Morgan fingerprint density at radius 3 is 1.38 bits per heavy atom. The van der Waals surface area contributed by atoms with Crippen molar-refractivity contribution in [2.24, 2.45) is 0 Å². The Labute approximate surface area is 342 Å². The first-order chi connectivity index (χ1) is 28.0. The molecule has 0 saturated heterocycles. The Balaban J connectivity index is 3.18. The van der Waals surface area contributed by atoms with E-state index in [-0.39, 0.29) is 127 Å². The van der Waals surface area contributed by atoms with Crippen molar-refractivity contribution in [1.29, 1.82) is 0 Å². The Bertz CT molecular complexity index is 1430. The molecule has 0 aliphatic heterocycles. The fourth-order valence-electron chi connectivity index (χ4n) is 4.98. The number of benzene rings is 1. The van der Waals surface area contributed by atoms with E-state index in [1.165, 1.54) is 25.9 Å². The van der Waals surface area contributed by atoms with Gasteiger partial charge in [-0.05, 0) is 31.4 Å². The first-order valence-electron chi connectivity index (χ1n) is 18.8. The highest BCUT2D eigenvalue weighted by molar-refractivity contribution is 7.53. The lowest BCUT2D eigenvalue weighted by molar-refractivity contribution is -0.121. The largest absolute Gasteiger partial charge is 0.424 e. The lowest BCUT2D eigenvalue weighted by atomic mass is 9.82. The molecule has 0 radical (unpaired) electrons. The van der Waals surface area contributed by atoms with Gasteiger partial charge in [0.2, 0.25) is 17.7 Å². The molecule has 4 N–H and O–H groups in total. The predicted octanol–water partition coefficient (Wildman–Crippen LogP) is 1.69. The topological polar surface area (TPSA) is 207 Å². The molecular weight excluding hydrogens is 775 g/mol. The van der Waals surface area contributed by atoms with Crippen LogP contribution in [0.5, 0.6) is 5.75 Å². The van der Waals surface area contributed by atoms with Gasteiger partial charge in [0.05, 0.1) is 65.0 Å². The zero-order valence-electron chi connectivity index (χ0n) is 33.6. The highest BCUT2D eigenvalue weighted by atomic mass is 31.2. The summed E-state index contributed by atoms with van der Waals surface area (Å²) in [6.45, 7) is 4.83. The number of hydrogen-bond donors (Lipinski definition) is 4. The molecule has 0 aromatic heterocycles. The summed E-state index contributed by atoms with van der Waals surface area (Å²) in [4.78, 5) is 53.4. The average Bonchev–Trinajstić information content (AvgIpc) is 3.21. The van der Waals surface area contributed by atoms with E-state index in [0.29, 0.717) is 39.6 Å². The molecule has 1 atom stereocenters. The van der Waals surface area contributed by atoms with Crippen LogP contribution in [0.4, 0.5) is 0 Å². The summed E-state index contributed by atoms with van der Waals surface area (Å²) in [5, 5.41) is 11.4. The summed E-state index contributed by atoms with van der Waals surface area (Å²) >= 11 is 0. The van der Waals surface area contributed by atoms with Crippen molar-refractivity contribution in [3.05, 3.63) is 29.8 Å². The lowest BCUT2D eigenvalue weighted by Crippen LogP contribution is -2.50. The summed E-state index contributed by atoms with van der Waals surface area (Å²) in [6.07, 6.45) is 15.4. The van der Waals surface area contributed by atoms with Gasteiger partial charge in [0.25, 0.3) is 5.91 Å². The minimum Gasteiger partial charge on any atom is -0.424 e. The number of hydrogen-bond acceptors (Lipinski definition) is 13. The molecule has 0 bridgehead atoms. The number of carbonyl (C=O) groups excluding carboxylic acids is 4. The summed E-state index contributed by atoms with van der Waals surface area (Å²) in [7, 11) is -2.35. The van der Waals surface area contributed by atoms with Gasteiger partial charge in [-0.3, -0.25) is 19.2 Å². The highest BCUT2D eigenvalue weighted by Gasteiger charge is 2.35. The van der Waals surface area contributed by atoms with Gasteiger partial charge < -0.3 is 58.7 Å². The van der Waals surface area contributed by atoms with E-state index in [1.807, 2.05) is 0 Å². The quantitative estimate of drug-likeness (QED) is 0.0437. The van der Waals surface area contributed by atoms with Crippen LogP contribution in [0, 0.1) is 37.0 Å². The Kier molecular flexibility index (Phi) is 28.9. The fourth-order valence-corrected chi connectivity index (χ4v) is 5.58. The standard InChI is InChI=1S/C40H59N4O13P/c1-6-22-51-28-31-54-25-19-41-36(45)13-16-40(17-14-37(46)42-20-26-55-32-29-52-23-7-2,18-15-38(47)43-21-27-56-33-30-53-24-8-3)44-39(48)34-11-9-10-12-35(34)57-58(5,49)50-4/h1-3,9-12H,13-33H2,4-5H3,(H,41,45)(H,42,46)(H,43,47)(H,44,48). The second-order valence-electron chi connectivity index (χ2n) is 12.4.